The first kappa shape index (κ1) is 12.2. The van der Waals surface area contributed by atoms with Gasteiger partial charge in [-0.2, -0.15) is 0 Å². The molecular formula is C12H14N2O4. The minimum absolute atomic E-state index is 0.158. The Balaban J connectivity index is 2.18. The maximum absolute atomic E-state index is 11.4. The number of ether oxygens (including phenoxy) is 1. The van der Waals surface area contributed by atoms with Crippen LogP contribution in [-0.2, 0) is 4.79 Å². The lowest BCUT2D eigenvalue weighted by atomic mass is 9.95. The van der Waals surface area contributed by atoms with Crippen molar-refractivity contribution in [1.29, 1.82) is 0 Å². The van der Waals surface area contributed by atoms with E-state index < -0.39 is 12.3 Å². The molecule has 2 atom stereocenters. The standard InChI is InChI=1S/C12H14N2O4/c1-18-8-4-2-7(3-5-8)9-6-10(15)13-11(9)14-12(16)17/h2-5,9,11,14H,6H2,1H3,(H,13,15)(H,16,17)/t9-,11-/m1/s1. The van der Waals surface area contributed by atoms with E-state index in [4.69, 9.17) is 9.84 Å². The van der Waals surface area contributed by atoms with Crippen LogP contribution in [-0.4, -0.2) is 30.4 Å². The molecular weight excluding hydrogens is 236 g/mol. The lowest BCUT2D eigenvalue weighted by Gasteiger charge is -2.19. The Hall–Kier alpha value is -2.24. The number of hydrogen-bond acceptors (Lipinski definition) is 3. The van der Waals surface area contributed by atoms with Gasteiger partial charge in [0.05, 0.1) is 7.11 Å². The highest BCUT2D eigenvalue weighted by Crippen LogP contribution is 2.28. The Morgan fingerprint density at radius 2 is 2.11 bits per heavy atom. The third-order valence-electron chi connectivity index (χ3n) is 2.95. The number of rotatable bonds is 3. The molecule has 96 valence electrons. The van der Waals surface area contributed by atoms with Gasteiger partial charge in [-0.25, -0.2) is 4.79 Å². The van der Waals surface area contributed by atoms with Gasteiger partial charge in [0.1, 0.15) is 11.9 Å². The van der Waals surface area contributed by atoms with Gasteiger partial charge in [-0.05, 0) is 17.7 Å². The van der Waals surface area contributed by atoms with Crippen molar-refractivity contribution in [2.45, 2.75) is 18.5 Å². The van der Waals surface area contributed by atoms with Crippen molar-refractivity contribution < 1.29 is 19.4 Å². The second-order valence-corrected chi connectivity index (χ2v) is 4.08. The molecule has 0 bridgehead atoms. The molecule has 0 aromatic heterocycles. The SMILES string of the molecule is COc1ccc([C@H]2CC(=O)N[C@@H]2NC(=O)O)cc1. The fourth-order valence-corrected chi connectivity index (χ4v) is 2.08. The molecule has 1 aromatic rings. The van der Waals surface area contributed by atoms with E-state index in [0.29, 0.717) is 0 Å². The summed E-state index contributed by atoms with van der Waals surface area (Å²) in [6.45, 7) is 0. The van der Waals surface area contributed by atoms with Gasteiger partial charge < -0.3 is 20.5 Å². The van der Waals surface area contributed by atoms with Crippen LogP contribution in [0.5, 0.6) is 5.75 Å². The van der Waals surface area contributed by atoms with Gasteiger partial charge in [0.25, 0.3) is 0 Å². The Morgan fingerprint density at radius 3 is 2.67 bits per heavy atom. The zero-order valence-corrected chi connectivity index (χ0v) is 9.84. The fraction of sp³-hybridized carbons (Fsp3) is 0.333. The van der Waals surface area contributed by atoms with Gasteiger partial charge in [0.2, 0.25) is 5.91 Å². The van der Waals surface area contributed by atoms with Crippen LogP contribution in [0.4, 0.5) is 4.79 Å². The van der Waals surface area contributed by atoms with E-state index in [-0.39, 0.29) is 18.2 Å². The first-order chi connectivity index (χ1) is 8.60. The number of carboxylic acid groups (broad SMARTS) is 1. The fourth-order valence-electron chi connectivity index (χ4n) is 2.08. The van der Waals surface area contributed by atoms with Crippen LogP contribution in [0.1, 0.15) is 17.9 Å². The van der Waals surface area contributed by atoms with Gasteiger partial charge in [-0.3, -0.25) is 4.79 Å². The summed E-state index contributed by atoms with van der Waals surface area (Å²) in [6.07, 6.45) is -1.46. The summed E-state index contributed by atoms with van der Waals surface area (Å²) in [4.78, 5) is 22.0. The molecule has 2 amide bonds. The summed E-state index contributed by atoms with van der Waals surface area (Å²) in [7, 11) is 1.57. The number of carbonyl (C=O) groups excluding carboxylic acids is 1. The maximum Gasteiger partial charge on any atom is 0.406 e. The van der Waals surface area contributed by atoms with Crippen LogP contribution in [0, 0.1) is 0 Å². The zero-order valence-electron chi connectivity index (χ0n) is 9.84. The average Bonchev–Trinajstić information content (AvgIpc) is 2.69. The minimum Gasteiger partial charge on any atom is -0.497 e. The molecule has 6 nitrogen and oxygen atoms in total. The molecule has 1 aliphatic rings. The van der Waals surface area contributed by atoms with Crippen molar-refractivity contribution in [3.8, 4) is 5.75 Å². The normalized spacial score (nSPS) is 22.4. The van der Waals surface area contributed by atoms with E-state index in [2.05, 4.69) is 10.6 Å². The van der Waals surface area contributed by atoms with E-state index in [1.807, 2.05) is 12.1 Å². The summed E-state index contributed by atoms with van der Waals surface area (Å²) in [6, 6.07) is 7.24. The third-order valence-corrected chi connectivity index (χ3v) is 2.95. The van der Waals surface area contributed by atoms with Gasteiger partial charge in [0.15, 0.2) is 0 Å². The quantitative estimate of drug-likeness (QED) is 0.743. The summed E-state index contributed by atoms with van der Waals surface area (Å²) in [5.74, 6) is 0.368. The predicted molar refractivity (Wildman–Crippen MR) is 63.4 cm³/mol. The van der Waals surface area contributed by atoms with E-state index in [1.165, 1.54) is 0 Å². The Morgan fingerprint density at radius 1 is 1.44 bits per heavy atom. The smallest absolute Gasteiger partial charge is 0.406 e. The van der Waals surface area contributed by atoms with Crippen molar-refractivity contribution in [1.82, 2.24) is 10.6 Å². The molecule has 1 aromatic carbocycles. The van der Waals surface area contributed by atoms with Gasteiger partial charge in [0, 0.05) is 12.3 Å². The molecule has 0 radical (unpaired) electrons. The second kappa shape index (κ2) is 4.95. The molecule has 0 saturated carbocycles. The van der Waals surface area contributed by atoms with E-state index >= 15 is 0 Å². The third kappa shape index (κ3) is 2.53. The van der Waals surface area contributed by atoms with Crippen molar-refractivity contribution >= 4 is 12.0 Å². The molecule has 1 heterocycles. The highest BCUT2D eigenvalue weighted by molar-refractivity contribution is 5.81. The molecule has 1 saturated heterocycles. The number of carbonyl (C=O) groups is 2. The van der Waals surface area contributed by atoms with Crippen LogP contribution in [0.3, 0.4) is 0 Å². The van der Waals surface area contributed by atoms with Gasteiger partial charge in [-0.1, -0.05) is 12.1 Å². The zero-order chi connectivity index (χ0) is 13.1. The molecule has 0 aliphatic carbocycles. The van der Waals surface area contributed by atoms with Crippen molar-refractivity contribution in [3.05, 3.63) is 29.8 Å². The highest BCUT2D eigenvalue weighted by atomic mass is 16.5. The lowest BCUT2D eigenvalue weighted by Crippen LogP contribution is -2.44. The molecule has 0 spiro atoms. The summed E-state index contributed by atoms with van der Waals surface area (Å²) in [5.41, 5.74) is 0.896. The highest BCUT2D eigenvalue weighted by Gasteiger charge is 2.34. The molecule has 1 fully saturated rings. The van der Waals surface area contributed by atoms with E-state index in [1.54, 1.807) is 19.2 Å². The van der Waals surface area contributed by atoms with Crippen LogP contribution < -0.4 is 15.4 Å². The van der Waals surface area contributed by atoms with Gasteiger partial charge >= 0.3 is 6.09 Å². The van der Waals surface area contributed by atoms with Crippen LogP contribution in [0.25, 0.3) is 0 Å². The second-order valence-electron chi connectivity index (χ2n) is 4.08. The van der Waals surface area contributed by atoms with E-state index in [0.717, 1.165) is 11.3 Å². The molecule has 0 unspecified atom stereocenters. The number of methoxy groups -OCH3 is 1. The van der Waals surface area contributed by atoms with Crippen LogP contribution >= 0.6 is 0 Å². The molecule has 6 heteroatoms. The molecule has 18 heavy (non-hydrogen) atoms. The molecule has 3 N–H and O–H groups in total. The van der Waals surface area contributed by atoms with E-state index in [9.17, 15) is 9.59 Å². The molecule has 2 rings (SSSR count). The summed E-state index contributed by atoms with van der Waals surface area (Å²) < 4.78 is 5.05. The largest absolute Gasteiger partial charge is 0.497 e. The monoisotopic (exact) mass is 250 g/mol. The number of amides is 2. The van der Waals surface area contributed by atoms with Crippen molar-refractivity contribution in [2.75, 3.05) is 7.11 Å². The van der Waals surface area contributed by atoms with Crippen molar-refractivity contribution in [3.63, 3.8) is 0 Å². The maximum atomic E-state index is 11.4. The summed E-state index contributed by atoms with van der Waals surface area (Å²) >= 11 is 0. The first-order valence-electron chi connectivity index (χ1n) is 5.53. The van der Waals surface area contributed by atoms with Crippen LogP contribution in [0.2, 0.25) is 0 Å². The molecule has 1 aliphatic heterocycles. The topological polar surface area (TPSA) is 87.7 Å². The van der Waals surface area contributed by atoms with Crippen molar-refractivity contribution in [2.24, 2.45) is 0 Å². The number of benzene rings is 1. The minimum atomic E-state index is -1.15. The summed E-state index contributed by atoms with van der Waals surface area (Å²) in [5, 5.41) is 13.6. The first-order valence-corrected chi connectivity index (χ1v) is 5.53. The number of hydrogen-bond donors (Lipinski definition) is 3. The Bertz CT molecular complexity index is 458. The Labute approximate surface area is 104 Å². The average molecular weight is 250 g/mol. The van der Waals surface area contributed by atoms with Crippen LogP contribution in [0.15, 0.2) is 24.3 Å². The lowest BCUT2D eigenvalue weighted by molar-refractivity contribution is -0.119. The predicted octanol–water partition coefficient (Wildman–Crippen LogP) is 0.892. The Kier molecular flexibility index (Phi) is 3.36. The number of nitrogens with one attached hydrogen (secondary N) is 2. The van der Waals surface area contributed by atoms with Gasteiger partial charge in [-0.15, -0.1) is 0 Å².